The van der Waals surface area contributed by atoms with Gasteiger partial charge in [0.15, 0.2) is 0 Å². The fourth-order valence-electron chi connectivity index (χ4n) is 1.39. The van der Waals surface area contributed by atoms with Crippen LogP contribution in [0, 0.1) is 0 Å². The molecule has 0 aliphatic rings. The molecule has 0 spiro atoms. The van der Waals surface area contributed by atoms with Crippen LogP contribution in [0.2, 0.25) is 10.0 Å². The fourth-order valence-corrected chi connectivity index (χ4v) is 2.65. The van der Waals surface area contributed by atoms with Gasteiger partial charge >= 0.3 is 5.97 Å². The molecule has 0 unspecified atom stereocenters. The van der Waals surface area contributed by atoms with E-state index in [9.17, 15) is 4.79 Å². The summed E-state index contributed by atoms with van der Waals surface area (Å²) >= 11 is 13.2. The second-order valence-electron chi connectivity index (χ2n) is 3.47. The number of thiophene rings is 1. The van der Waals surface area contributed by atoms with Crippen LogP contribution in [0.25, 0.3) is 0 Å². The highest BCUT2D eigenvalue weighted by molar-refractivity contribution is 7.10. The van der Waals surface area contributed by atoms with E-state index in [0.717, 1.165) is 4.88 Å². The third kappa shape index (κ3) is 2.77. The second kappa shape index (κ2) is 5.61. The van der Waals surface area contributed by atoms with E-state index in [1.54, 1.807) is 24.3 Å². The minimum atomic E-state index is -0.553. The van der Waals surface area contributed by atoms with Gasteiger partial charge in [-0.2, -0.15) is 0 Å². The van der Waals surface area contributed by atoms with Gasteiger partial charge in [0.25, 0.3) is 0 Å². The normalized spacial score (nSPS) is 10.3. The highest BCUT2D eigenvalue weighted by Crippen LogP contribution is 2.26. The molecular formula is C12H9Cl2NO2S. The van der Waals surface area contributed by atoms with Crippen molar-refractivity contribution in [1.29, 1.82) is 0 Å². The van der Waals surface area contributed by atoms with Crippen LogP contribution in [-0.4, -0.2) is 5.97 Å². The van der Waals surface area contributed by atoms with E-state index in [1.165, 1.54) is 11.3 Å². The summed E-state index contributed by atoms with van der Waals surface area (Å²) < 4.78 is 5.14. The first-order chi connectivity index (χ1) is 8.59. The topological polar surface area (TPSA) is 52.3 Å². The number of nitrogen functional groups attached to an aromatic ring is 1. The predicted molar refractivity (Wildman–Crippen MR) is 74.3 cm³/mol. The molecule has 0 atom stereocenters. The van der Waals surface area contributed by atoms with Gasteiger partial charge in [-0.25, -0.2) is 4.79 Å². The Morgan fingerprint density at radius 2 is 2.06 bits per heavy atom. The SMILES string of the molecule is Nc1cccc(Cl)c1C(=O)OCc1sccc1Cl. The van der Waals surface area contributed by atoms with Crippen LogP contribution in [0.15, 0.2) is 29.6 Å². The van der Waals surface area contributed by atoms with Crippen LogP contribution in [0.3, 0.4) is 0 Å². The summed E-state index contributed by atoms with van der Waals surface area (Å²) in [6.07, 6.45) is 0. The number of carbonyl (C=O) groups excluding carboxylic acids is 1. The van der Waals surface area contributed by atoms with E-state index in [-0.39, 0.29) is 17.2 Å². The van der Waals surface area contributed by atoms with Gasteiger partial charge in [-0.05, 0) is 23.6 Å². The minimum Gasteiger partial charge on any atom is -0.456 e. The van der Waals surface area contributed by atoms with Crippen LogP contribution in [-0.2, 0) is 11.3 Å². The lowest BCUT2D eigenvalue weighted by atomic mass is 10.2. The average Bonchev–Trinajstić information content (AvgIpc) is 2.72. The van der Waals surface area contributed by atoms with Crippen molar-refractivity contribution in [3.8, 4) is 0 Å². The van der Waals surface area contributed by atoms with Gasteiger partial charge in [0.1, 0.15) is 12.2 Å². The molecule has 0 radical (unpaired) electrons. The molecule has 0 fully saturated rings. The van der Waals surface area contributed by atoms with Gasteiger partial charge in [0.05, 0.1) is 14.9 Å². The van der Waals surface area contributed by atoms with Crippen LogP contribution in [0.4, 0.5) is 5.69 Å². The number of carbonyl (C=O) groups is 1. The molecule has 3 nitrogen and oxygen atoms in total. The molecule has 94 valence electrons. The Balaban J connectivity index is 2.11. The van der Waals surface area contributed by atoms with Gasteiger partial charge in [0.2, 0.25) is 0 Å². The maximum absolute atomic E-state index is 11.9. The molecule has 0 saturated carbocycles. The van der Waals surface area contributed by atoms with Gasteiger partial charge in [-0.1, -0.05) is 29.3 Å². The zero-order chi connectivity index (χ0) is 13.1. The minimum absolute atomic E-state index is 0.111. The highest BCUT2D eigenvalue weighted by Gasteiger charge is 2.16. The quantitative estimate of drug-likeness (QED) is 0.689. The number of benzene rings is 1. The van der Waals surface area contributed by atoms with Gasteiger partial charge in [-0.15, -0.1) is 11.3 Å². The number of hydrogen-bond donors (Lipinski definition) is 1. The van der Waals surface area contributed by atoms with Crippen molar-refractivity contribution in [3.05, 3.63) is 50.1 Å². The lowest BCUT2D eigenvalue weighted by molar-refractivity contribution is 0.0478. The third-order valence-electron chi connectivity index (χ3n) is 2.28. The molecule has 2 rings (SSSR count). The first-order valence-corrected chi connectivity index (χ1v) is 6.66. The standard InChI is InChI=1S/C12H9Cl2NO2S/c13-7-4-5-18-10(7)6-17-12(16)11-8(14)2-1-3-9(11)15/h1-5H,6,15H2. The maximum atomic E-state index is 11.9. The molecule has 2 N–H and O–H groups in total. The summed E-state index contributed by atoms with van der Waals surface area (Å²) in [5.74, 6) is -0.553. The first-order valence-electron chi connectivity index (χ1n) is 5.02. The van der Waals surface area contributed by atoms with E-state index < -0.39 is 5.97 Å². The lowest BCUT2D eigenvalue weighted by Gasteiger charge is -2.07. The maximum Gasteiger partial charge on any atom is 0.342 e. The van der Waals surface area contributed by atoms with Gasteiger partial charge in [-0.3, -0.25) is 0 Å². The molecule has 0 bridgehead atoms. The summed E-state index contributed by atoms with van der Waals surface area (Å²) in [5, 5.41) is 2.69. The Morgan fingerprint density at radius 1 is 1.28 bits per heavy atom. The number of rotatable bonds is 3. The lowest BCUT2D eigenvalue weighted by Crippen LogP contribution is -2.08. The molecule has 0 amide bonds. The van der Waals surface area contributed by atoms with Crippen molar-refractivity contribution in [3.63, 3.8) is 0 Å². The van der Waals surface area contributed by atoms with Crippen molar-refractivity contribution in [1.82, 2.24) is 0 Å². The third-order valence-corrected chi connectivity index (χ3v) is 3.95. The Bertz CT molecular complexity index is 563. The second-order valence-corrected chi connectivity index (χ2v) is 5.29. The smallest absolute Gasteiger partial charge is 0.342 e. The monoisotopic (exact) mass is 301 g/mol. The number of hydrogen-bond acceptors (Lipinski definition) is 4. The fraction of sp³-hybridized carbons (Fsp3) is 0.0833. The highest BCUT2D eigenvalue weighted by atomic mass is 35.5. The zero-order valence-corrected chi connectivity index (χ0v) is 11.5. The molecule has 0 aliphatic heterocycles. The van der Waals surface area contributed by atoms with E-state index in [1.807, 2.05) is 5.38 Å². The van der Waals surface area contributed by atoms with Gasteiger partial charge in [0, 0.05) is 5.69 Å². The Morgan fingerprint density at radius 3 is 2.67 bits per heavy atom. The summed E-state index contributed by atoms with van der Waals surface area (Å²) in [6, 6.07) is 6.61. The van der Waals surface area contributed by atoms with E-state index in [0.29, 0.717) is 10.7 Å². The van der Waals surface area contributed by atoms with Crippen molar-refractivity contribution in [2.45, 2.75) is 6.61 Å². The van der Waals surface area contributed by atoms with Crippen molar-refractivity contribution < 1.29 is 9.53 Å². The van der Waals surface area contributed by atoms with E-state index in [4.69, 9.17) is 33.7 Å². The molecule has 18 heavy (non-hydrogen) atoms. The molecule has 1 heterocycles. The Labute approximate surface area is 118 Å². The number of esters is 1. The molecule has 1 aromatic heterocycles. The molecular weight excluding hydrogens is 293 g/mol. The number of nitrogens with two attached hydrogens (primary N) is 1. The summed E-state index contributed by atoms with van der Waals surface area (Å²) in [5.41, 5.74) is 6.18. The van der Waals surface area contributed by atoms with Crippen LogP contribution < -0.4 is 5.73 Å². The number of ether oxygens (including phenoxy) is 1. The van der Waals surface area contributed by atoms with E-state index >= 15 is 0 Å². The van der Waals surface area contributed by atoms with Crippen molar-refractivity contribution in [2.75, 3.05) is 5.73 Å². The molecule has 1 aromatic carbocycles. The molecule has 6 heteroatoms. The van der Waals surface area contributed by atoms with E-state index in [2.05, 4.69) is 0 Å². The predicted octanol–water partition coefficient (Wildman–Crippen LogP) is 3.99. The largest absolute Gasteiger partial charge is 0.456 e. The van der Waals surface area contributed by atoms with Crippen molar-refractivity contribution >= 4 is 46.2 Å². The van der Waals surface area contributed by atoms with Gasteiger partial charge < -0.3 is 10.5 Å². The summed E-state index contributed by atoms with van der Waals surface area (Å²) in [6.45, 7) is 0.111. The van der Waals surface area contributed by atoms with Crippen LogP contribution in [0.5, 0.6) is 0 Å². The van der Waals surface area contributed by atoms with Crippen LogP contribution in [0.1, 0.15) is 15.2 Å². The number of anilines is 1. The summed E-state index contributed by atoms with van der Waals surface area (Å²) in [4.78, 5) is 12.7. The Hall–Kier alpha value is -1.23. The van der Waals surface area contributed by atoms with Crippen LogP contribution >= 0.6 is 34.5 Å². The molecule has 0 aliphatic carbocycles. The molecule has 2 aromatic rings. The first kappa shape index (κ1) is 13.2. The van der Waals surface area contributed by atoms with Crippen molar-refractivity contribution in [2.24, 2.45) is 0 Å². The number of halogens is 2. The Kier molecular flexibility index (Phi) is 4.11. The zero-order valence-electron chi connectivity index (χ0n) is 9.15. The molecule has 0 saturated heterocycles. The summed E-state index contributed by atoms with van der Waals surface area (Å²) in [7, 11) is 0. The average molecular weight is 302 g/mol.